The van der Waals surface area contributed by atoms with Gasteiger partial charge >= 0.3 is 5.97 Å². The molecule has 0 saturated carbocycles. The van der Waals surface area contributed by atoms with Crippen LogP contribution in [0.2, 0.25) is 0 Å². The fourth-order valence-electron chi connectivity index (χ4n) is 4.12. The van der Waals surface area contributed by atoms with Crippen molar-refractivity contribution in [1.29, 1.82) is 0 Å². The van der Waals surface area contributed by atoms with Gasteiger partial charge in [0.2, 0.25) is 0 Å². The SMILES string of the molecule is CC1=C(C(=O)OCC#Cc2ccccc2)C(c2cccc([N+](=O)[O-])c2)C(c2ccccn2)=C(C)N1. The quantitative estimate of drug-likeness (QED) is 0.247. The highest BCUT2D eigenvalue weighted by molar-refractivity contribution is 5.97. The van der Waals surface area contributed by atoms with E-state index in [0.717, 1.165) is 16.8 Å². The normalized spacial score (nSPS) is 15.1. The van der Waals surface area contributed by atoms with E-state index in [0.29, 0.717) is 22.5 Å². The highest BCUT2D eigenvalue weighted by Gasteiger charge is 2.35. The number of allylic oxidation sites excluding steroid dienone is 3. The van der Waals surface area contributed by atoms with Crippen LogP contribution in [0.25, 0.3) is 5.57 Å². The summed E-state index contributed by atoms with van der Waals surface area (Å²) >= 11 is 0. The van der Waals surface area contributed by atoms with Crippen LogP contribution >= 0.6 is 0 Å². The number of ether oxygens (including phenoxy) is 1. The Kier molecular flexibility index (Phi) is 7.03. The summed E-state index contributed by atoms with van der Waals surface area (Å²) in [7, 11) is 0. The molecule has 0 fully saturated rings. The standard InChI is InChI=1S/C28H23N3O4/c1-19-25(24-15-6-7-16-29-24)27(22-13-8-14-23(18-22)31(33)34)26(20(2)30-19)28(32)35-17-9-12-21-10-4-3-5-11-21/h3-8,10-11,13-16,18,27,30H,17H2,1-2H3. The molecule has 1 aliphatic heterocycles. The van der Waals surface area contributed by atoms with E-state index in [9.17, 15) is 14.9 Å². The fourth-order valence-corrected chi connectivity index (χ4v) is 4.12. The molecule has 3 aromatic rings. The largest absolute Gasteiger partial charge is 0.449 e. The van der Waals surface area contributed by atoms with Gasteiger partial charge in [-0.25, -0.2) is 4.79 Å². The number of nitrogens with zero attached hydrogens (tertiary/aromatic N) is 2. The molecule has 0 bridgehead atoms. The van der Waals surface area contributed by atoms with Gasteiger partial charge in [0.15, 0.2) is 6.61 Å². The summed E-state index contributed by atoms with van der Waals surface area (Å²) < 4.78 is 5.54. The summed E-state index contributed by atoms with van der Waals surface area (Å²) in [6.07, 6.45) is 1.67. The van der Waals surface area contributed by atoms with Gasteiger partial charge in [-0.15, -0.1) is 0 Å². The summed E-state index contributed by atoms with van der Waals surface area (Å²) in [4.78, 5) is 28.9. The van der Waals surface area contributed by atoms with E-state index in [1.54, 1.807) is 31.3 Å². The lowest BCUT2D eigenvalue weighted by Gasteiger charge is -2.31. The van der Waals surface area contributed by atoms with Gasteiger partial charge in [0.05, 0.1) is 16.2 Å². The lowest BCUT2D eigenvalue weighted by molar-refractivity contribution is -0.384. The van der Waals surface area contributed by atoms with Crippen molar-refractivity contribution in [2.24, 2.45) is 0 Å². The predicted octanol–water partition coefficient (Wildman–Crippen LogP) is 4.98. The maximum Gasteiger partial charge on any atom is 0.337 e. The molecule has 1 aromatic heterocycles. The number of carbonyl (C=O) groups is 1. The van der Waals surface area contributed by atoms with E-state index in [-0.39, 0.29) is 12.3 Å². The van der Waals surface area contributed by atoms with Crippen molar-refractivity contribution in [3.63, 3.8) is 0 Å². The van der Waals surface area contributed by atoms with Gasteiger partial charge in [0.25, 0.3) is 5.69 Å². The molecular weight excluding hydrogens is 442 g/mol. The zero-order valence-electron chi connectivity index (χ0n) is 19.3. The van der Waals surface area contributed by atoms with Crippen LogP contribution in [-0.4, -0.2) is 22.5 Å². The third kappa shape index (κ3) is 5.28. The van der Waals surface area contributed by atoms with Crippen molar-refractivity contribution >= 4 is 17.2 Å². The van der Waals surface area contributed by atoms with E-state index in [2.05, 4.69) is 22.1 Å². The van der Waals surface area contributed by atoms with E-state index >= 15 is 0 Å². The van der Waals surface area contributed by atoms with Gasteiger partial charge in [-0.05, 0) is 43.7 Å². The highest BCUT2D eigenvalue weighted by atomic mass is 16.6. The highest BCUT2D eigenvalue weighted by Crippen LogP contribution is 2.43. The monoisotopic (exact) mass is 465 g/mol. The van der Waals surface area contributed by atoms with Crippen LogP contribution in [0.5, 0.6) is 0 Å². The van der Waals surface area contributed by atoms with Crippen LogP contribution in [0.1, 0.15) is 36.6 Å². The second-order valence-electron chi connectivity index (χ2n) is 7.95. The maximum atomic E-state index is 13.3. The molecule has 2 heterocycles. The van der Waals surface area contributed by atoms with Crippen molar-refractivity contribution in [3.05, 3.63) is 123 Å². The number of aromatic nitrogens is 1. The number of pyridine rings is 1. The zero-order chi connectivity index (χ0) is 24.8. The molecular formula is C28H23N3O4. The Labute approximate surface area is 203 Å². The zero-order valence-corrected chi connectivity index (χ0v) is 19.3. The van der Waals surface area contributed by atoms with Crippen molar-refractivity contribution in [1.82, 2.24) is 10.3 Å². The summed E-state index contributed by atoms with van der Waals surface area (Å²) in [6, 6.07) is 21.2. The molecule has 0 spiro atoms. The van der Waals surface area contributed by atoms with Gasteiger partial charge in [-0.1, -0.05) is 48.2 Å². The van der Waals surface area contributed by atoms with E-state index < -0.39 is 16.8 Å². The molecule has 2 aromatic carbocycles. The van der Waals surface area contributed by atoms with E-state index in [1.165, 1.54) is 12.1 Å². The minimum atomic E-state index is -0.611. The molecule has 4 rings (SSSR count). The minimum Gasteiger partial charge on any atom is -0.449 e. The first-order valence-electron chi connectivity index (χ1n) is 11.0. The number of nitro benzene ring substituents is 1. The third-order valence-corrected chi connectivity index (χ3v) is 5.62. The van der Waals surface area contributed by atoms with Crippen LogP contribution < -0.4 is 5.32 Å². The van der Waals surface area contributed by atoms with Crippen LogP contribution in [0.3, 0.4) is 0 Å². The first-order chi connectivity index (χ1) is 17.0. The van der Waals surface area contributed by atoms with E-state index in [4.69, 9.17) is 4.74 Å². The Morgan fingerprint density at radius 3 is 2.54 bits per heavy atom. The molecule has 0 aliphatic carbocycles. The molecule has 1 aliphatic rings. The summed E-state index contributed by atoms with van der Waals surface area (Å²) in [6.45, 7) is 3.59. The Morgan fingerprint density at radius 1 is 1.06 bits per heavy atom. The van der Waals surface area contributed by atoms with Crippen molar-refractivity contribution < 1.29 is 14.5 Å². The van der Waals surface area contributed by atoms with Crippen LogP contribution in [-0.2, 0) is 9.53 Å². The molecule has 1 N–H and O–H groups in total. The number of dihydropyridines is 1. The molecule has 0 amide bonds. The van der Waals surface area contributed by atoms with Gasteiger partial charge in [0.1, 0.15) is 0 Å². The van der Waals surface area contributed by atoms with Gasteiger partial charge in [0, 0.05) is 46.8 Å². The third-order valence-electron chi connectivity index (χ3n) is 5.62. The number of esters is 1. The number of carbonyl (C=O) groups excluding carboxylic acids is 1. The molecule has 0 radical (unpaired) electrons. The molecule has 35 heavy (non-hydrogen) atoms. The molecule has 174 valence electrons. The molecule has 0 saturated heterocycles. The Hall–Kier alpha value is -4.70. The average molecular weight is 466 g/mol. The molecule has 7 heteroatoms. The van der Waals surface area contributed by atoms with Gasteiger partial charge in [-0.2, -0.15) is 0 Å². The second-order valence-corrected chi connectivity index (χ2v) is 7.95. The lowest BCUT2D eigenvalue weighted by Crippen LogP contribution is -2.29. The lowest BCUT2D eigenvalue weighted by atomic mass is 9.79. The van der Waals surface area contributed by atoms with Crippen LogP contribution in [0.15, 0.2) is 96.0 Å². The minimum absolute atomic E-state index is 0.0573. The summed E-state index contributed by atoms with van der Waals surface area (Å²) in [5.74, 6) is 4.68. The predicted molar refractivity (Wildman–Crippen MR) is 133 cm³/mol. The molecule has 7 nitrogen and oxygen atoms in total. The van der Waals surface area contributed by atoms with Crippen LogP contribution in [0, 0.1) is 22.0 Å². The number of rotatable bonds is 5. The first-order valence-corrected chi connectivity index (χ1v) is 11.0. The number of hydrogen-bond acceptors (Lipinski definition) is 6. The Balaban J connectivity index is 1.72. The molecule has 1 atom stereocenters. The Morgan fingerprint density at radius 2 is 1.83 bits per heavy atom. The Bertz CT molecular complexity index is 1380. The second kappa shape index (κ2) is 10.5. The smallest absolute Gasteiger partial charge is 0.337 e. The number of nitro groups is 1. The molecule has 1 unspecified atom stereocenters. The van der Waals surface area contributed by atoms with Gasteiger partial charge < -0.3 is 10.1 Å². The number of non-ortho nitro benzene ring substituents is 1. The number of hydrogen-bond donors (Lipinski definition) is 1. The summed E-state index contributed by atoms with van der Waals surface area (Å²) in [5.41, 5.74) is 4.55. The topological polar surface area (TPSA) is 94.4 Å². The van der Waals surface area contributed by atoms with Crippen molar-refractivity contribution in [2.45, 2.75) is 19.8 Å². The van der Waals surface area contributed by atoms with E-state index in [1.807, 2.05) is 49.4 Å². The summed E-state index contributed by atoms with van der Waals surface area (Å²) in [5, 5.41) is 14.7. The first kappa shape index (κ1) is 23.5. The van der Waals surface area contributed by atoms with Gasteiger partial charge in [-0.3, -0.25) is 15.1 Å². The fraction of sp³-hybridized carbons (Fsp3) is 0.143. The maximum absolute atomic E-state index is 13.3. The van der Waals surface area contributed by atoms with Crippen molar-refractivity contribution in [2.75, 3.05) is 6.61 Å². The average Bonchev–Trinajstić information content (AvgIpc) is 2.87. The number of benzene rings is 2. The van der Waals surface area contributed by atoms with Crippen LogP contribution in [0.4, 0.5) is 5.69 Å². The van der Waals surface area contributed by atoms with Crippen molar-refractivity contribution in [3.8, 4) is 11.8 Å². The number of nitrogens with one attached hydrogen (secondary N) is 1.